The van der Waals surface area contributed by atoms with Crippen molar-refractivity contribution in [3.8, 4) is 0 Å². The molecule has 0 N–H and O–H groups in total. The van der Waals surface area contributed by atoms with Gasteiger partial charge in [-0.2, -0.15) is 0 Å². The van der Waals surface area contributed by atoms with E-state index in [1.165, 1.54) is 11.3 Å². The van der Waals surface area contributed by atoms with Gasteiger partial charge in [-0.05, 0) is 61.6 Å². The number of esters is 1. The summed E-state index contributed by atoms with van der Waals surface area (Å²) < 4.78 is 7.44. The van der Waals surface area contributed by atoms with Gasteiger partial charge >= 0.3 is 5.97 Å². The van der Waals surface area contributed by atoms with E-state index >= 15 is 0 Å². The number of rotatable bonds is 5. The van der Waals surface area contributed by atoms with Gasteiger partial charge in [0.05, 0.1) is 28.5 Å². The maximum Gasteiger partial charge on any atom is 0.338 e. The smallest absolute Gasteiger partial charge is 0.338 e. The van der Waals surface area contributed by atoms with Gasteiger partial charge < -0.3 is 4.74 Å². The standard InChI is InChI=1S/C24H21ClN2O3S2/c1-4-30-23(29)20-14(2)26-24-27(21(20)16-8-10-18(31-3)11-9-16)22(28)19(32-24)13-15-6-5-7-17(25)12-15/h5-13,21H,4H2,1-3H3. The van der Waals surface area contributed by atoms with Crippen LogP contribution in [0, 0.1) is 0 Å². The summed E-state index contributed by atoms with van der Waals surface area (Å²) in [5.74, 6) is -0.461. The highest BCUT2D eigenvalue weighted by atomic mass is 35.5. The monoisotopic (exact) mass is 484 g/mol. The second-order valence-electron chi connectivity index (χ2n) is 7.13. The third-order valence-corrected chi connectivity index (χ3v) is 7.06. The molecule has 0 amide bonds. The normalized spacial score (nSPS) is 16.0. The Bertz CT molecular complexity index is 1390. The van der Waals surface area contributed by atoms with Crippen LogP contribution in [0.3, 0.4) is 0 Å². The van der Waals surface area contributed by atoms with E-state index < -0.39 is 12.0 Å². The second-order valence-corrected chi connectivity index (χ2v) is 9.46. The van der Waals surface area contributed by atoms with Crippen molar-refractivity contribution >= 4 is 46.7 Å². The Morgan fingerprint density at radius 3 is 2.69 bits per heavy atom. The third-order valence-electron chi connectivity index (χ3n) is 5.10. The third kappa shape index (κ3) is 4.33. The zero-order valence-electron chi connectivity index (χ0n) is 17.8. The number of aromatic nitrogens is 1. The van der Waals surface area contributed by atoms with E-state index in [4.69, 9.17) is 16.3 Å². The van der Waals surface area contributed by atoms with Gasteiger partial charge in [0.2, 0.25) is 0 Å². The molecule has 8 heteroatoms. The second kappa shape index (κ2) is 9.48. The molecule has 32 heavy (non-hydrogen) atoms. The summed E-state index contributed by atoms with van der Waals surface area (Å²) in [5, 5.41) is 0.596. The molecule has 2 heterocycles. The number of fused-ring (bicyclic) bond motifs is 1. The highest BCUT2D eigenvalue weighted by molar-refractivity contribution is 7.98. The number of thioether (sulfide) groups is 1. The van der Waals surface area contributed by atoms with Gasteiger partial charge in [0, 0.05) is 9.92 Å². The van der Waals surface area contributed by atoms with Crippen molar-refractivity contribution < 1.29 is 9.53 Å². The van der Waals surface area contributed by atoms with Crippen molar-refractivity contribution in [2.24, 2.45) is 4.99 Å². The lowest BCUT2D eigenvalue weighted by molar-refractivity contribution is -0.139. The number of carbonyl (C=O) groups excluding carboxylic acids is 1. The van der Waals surface area contributed by atoms with Crippen LogP contribution < -0.4 is 14.9 Å². The number of thiazole rings is 1. The quantitative estimate of drug-likeness (QED) is 0.403. The van der Waals surface area contributed by atoms with Crippen LogP contribution in [0.2, 0.25) is 5.02 Å². The molecule has 1 aliphatic heterocycles. The molecular formula is C24H21ClN2O3S2. The van der Waals surface area contributed by atoms with Crippen LogP contribution in [0.25, 0.3) is 6.08 Å². The zero-order chi connectivity index (χ0) is 22.8. The number of ether oxygens (including phenoxy) is 1. The Morgan fingerprint density at radius 2 is 2.03 bits per heavy atom. The van der Waals surface area contributed by atoms with E-state index in [0.717, 1.165) is 16.0 Å². The van der Waals surface area contributed by atoms with Crippen LogP contribution in [0.4, 0.5) is 0 Å². The fourth-order valence-corrected chi connectivity index (χ4v) is 5.29. The highest BCUT2D eigenvalue weighted by Crippen LogP contribution is 2.31. The molecular weight excluding hydrogens is 464 g/mol. The first-order valence-electron chi connectivity index (χ1n) is 10.0. The molecule has 0 aliphatic carbocycles. The van der Waals surface area contributed by atoms with Gasteiger partial charge in [0.25, 0.3) is 5.56 Å². The fraction of sp³-hybridized carbons (Fsp3) is 0.208. The summed E-state index contributed by atoms with van der Waals surface area (Å²) >= 11 is 9.03. The molecule has 1 unspecified atom stereocenters. The van der Waals surface area contributed by atoms with E-state index in [1.807, 2.05) is 42.7 Å². The van der Waals surface area contributed by atoms with Gasteiger partial charge in [-0.1, -0.05) is 47.2 Å². The van der Waals surface area contributed by atoms with Crippen molar-refractivity contribution in [2.75, 3.05) is 12.9 Å². The number of benzene rings is 2. The number of nitrogens with zero attached hydrogens (tertiary/aromatic N) is 2. The van der Waals surface area contributed by atoms with Crippen LogP contribution in [-0.4, -0.2) is 23.4 Å². The molecule has 3 aromatic rings. The van der Waals surface area contributed by atoms with Crippen LogP contribution in [0.1, 0.15) is 31.0 Å². The van der Waals surface area contributed by atoms with E-state index in [0.29, 0.717) is 25.6 Å². The number of carbonyl (C=O) groups is 1. The summed E-state index contributed by atoms with van der Waals surface area (Å²) in [7, 11) is 0. The summed E-state index contributed by atoms with van der Waals surface area (Å²) in [6, 6.07) is 14.6. The average molecular weight is 485 g/mol. The van der Waals surface area contributed by atoms with Gasteiger partial charge in [0.1, 0.15) is 0 Å². The van der Waals surface area contributed by atoms with Crippen LogP contribution in [-0.2, 0) is 9.53 Å². The Labute approximate surface area is 198 Å². The van der Waals surface area contributed by atoms with E-state index in [1.54, 1.807) is 48.4 Å². The zero-order valence-corrected chi connectivity index (χ0v) is 20.2. The summed E-state index contributed by atoms with van der Waals surface area (Å²) in [4.78, 5) is 32.6. The number of hydrogen-bond acceptors (Lipinski definition) is 6. The van der Waals surface area contributed by atoms with Gasteiger partial charge in [-0.3, -0.25) is 9.36 Å². The largest absolute Gasteiger partial charge is 0.463 e. The molecule has 1 aliphatic rings. The molecule has 0 saturated heterocycles. The van der Waals surface area contributed by atoms with Crippen LogP contribution in [0.5, 0.6) is 0 Å². The van der Waals surface area contributed by atoms with Crippen molar-refractivity contribution in [2.45, 2.75) is 24.8 Å². The molecule has 0 fully saturated rings. The number of hydrogen-bond donors (Lipinski definition) is 0. The van der Waals surface area contributed by atoms with Gasteiger partial charge in [0.15, 0.2) is 4.80 Å². The Morgan fingerprint density at radius 1 is 1.28 bits per heavy atom. The molecule has 2 aromatic carbocycles. The maximum absolute atomic E-state index is 13.5. The molecule has 4 rings (SSSR count). The van der Waals surface area contributed by atoms with Crippen molar-refractivity contribution in [1.82, 2.24) is 4.57 Å². The average Bonchev–Trinajstić information content (AvgIpc) is 3.07. The lowest BCUT2D eigenvalue weighted by atomic mass is 9.96. The minimum Gasteiger partial charge on any atom is -0.463 e. The van der Waals surface area contributed by atoms with E-state index in [-0.39, 0.29) is 12.2 Å². The van der Waals surface area contributed by atoms with Crippen molar-refractivity contribution in [3.63, 3.8) is 0 Å². The molecule has 0 saturated carbocycles. The molecule has 0 radical (unpaired) electrons. The molecule has 164 valence electrons. The van der Waals surface area contributed by atoms with Crippen LogP contribution >= 0.6 is 34.7 Å². The van der Waals surface area contributed by atoms with Gasteiger partial charge in [-0.15, -0.1) is 11.8 Å². The summed E-state index contributed by atoms with van der Waals surface area (Å²) in [6.07, 6.45) is 3.80. The minimum absolute atomic E-state index is 0.207. The lowest BCUT2D eigenvalue weighted by Gasteiger charge is -2.24. The first-order valence-corrected chi connectivity index (χ1v) is 12.4. The first-order chi connectivity index (χ1) is 15.4. The minimum atomic E-state index is -0.609. The maximum atomic E-state index is 13.5. The Kier molecular flexibility index (Phi) is 6.69. The predicted molar refractivity (Wildman–Crippen MR) is 130 cm³/mol. The molecule has 1 atom stereocenters. The predicted octanol–water partition coefficient (Wildman–Crippen LogP) is 4.17. The fourth-order valence-electron chi connectivity index (χ4n) is 3.64. The number of allylic oxidation sites excluding steroid dienone is 1. The van der Waals surface area contributed by atoms with Gasteiger partial charge in [-0.25, -0.2) is 9.79 Å². The van der Waals surface area contributed by atoms with Crippen LogP contribution in [0.15, 0.2) is 74.5 Å². The molecule has 0 spiro atoms. The van der Waals surface area contributed by atoms with Crippen molar-refractivity contribution in [3.05, 3.63) is 95.6 Å². The topological polar surface area (TPSA) is 60.7 Å². The van der Waals surface area contributed by atoms with E-state index in [2.05, 4.69) is 4.99 Å². The Balaban J connectivity index is 1.94. The molecule has 1 aromatic heterocycles. The number of halogens is 1. The Hall–Kier alpha value is -2.61. The molecule has 5 nitrogen and oxygen atoms in total. The van der Waals surface area contributed by atoms with E-state index in [9.17, 15) is 9.59 Å². The van der Waals surface area contributed by atoms with Crippen molar-refractivity contribution in [1.29, 1.82) is 0 Å². The lowest BCUT2D eigenvalue weighted by Crippen LogP contribution is -2.39. The first kappa shape index (κ1) is 22.6. The summed E-state index contributed by atoms with van der Waals surface area (Å²) in [5.41, 5.74) is 2.38. The highest BCUT2D eigenvalue weighted by Gasteiger charge is 2.33. The summed E-state index contributed by atoms with van der Waals surface area (Å²) in [6.45, 7) is 3.78. The SMILES string of the molecule is CCOC(=O)C1=C(C)N=c2sc(=Cc3cccc(Cl)c3)c(=O)n2C1c1ccc(SC)cc1. The molecule has 0 bridgehead atoms.